The molecule has 0 radical (unpaired) electrons. The topological polar surface area (TPSA) is 59.4 Å². The van der Waals surface area contributed by atoms with Crippen LogP contribution in [0.4, 0.5) is 0 Å². The smallest absolute Gasteiger partial charge is 0.335 e. The normalized spacial score (nSPS) is 10.8. The zero-order chi connectivity index (χ0) is 20.1. The fourth-order valence-electron chi connectivity index (χ4n) is 2.93. The zero-order valence-corrected chi connectivity index (χ0v) is 16.4. The van der Waals surface area contributed by atoms with Gasteiger partial charge in [0, 0.05) is 16.0 Å². The highest BCUT2D eigenvalue weighted by atomic mass is 32.2. The van der Waals surface area contributed by atoms with Gasteiger partial charge in [-0.05, 0) is 54.1 Å². The van der Waals surface area contributed by atoms with E-state index in [0.717, 1.165) is 38.6 Å². The van der Waals surface area contributed by atoms with Gasteiger partial charge >= 0.3 is 5.97 Å². The summed E-state index contributed by atoms with van der Waals surface area (Å²) in [6.07, 6.45) is 0. The number of carboxylic acids is 1. The van der Waals surface area contributed by atoms with Gasteiger partial charge in [-0.15, -0.1) is 11.8 Å². The second-order valence-corrected chi connectivity index (χ2v) is 7.60. The molecule has 0 saturated heterocycles. The van der Waals surface area contributed by atoms with Gasteiger partial charge in [-0.3, -0.25) is 0 Å². The molecule has 0 bridgehead atoms. The molecule has 0 fully saturated rings. The Morgan fingerprint density at radius 3 is 2.59 bits per heavy atom. The van der Waals surface area contributed by atoms with E-state index in [-0.39, 0.29) is 0 Å². The van der Waals surface area contributed by atoms with E-state index in [4.69, 9.17) is 9.84 Å². The first-order valence-electron chi connectivity index (χ1n) is 9.20. The summed E-state index contributed by atoms with van der Waals surface area (Å²) in [4.78, 5) is 16.6. The lowest BCUT2D eigenvalue weighted by molar-refractivity contribution is 0.0697. The quantitative estimate of drug-likeness (QED) is 0.396. The predicted octanol–water partition coefficient (Wildman–Crippen LogP) is 5.80. The van der Waals surface area contributed by atoms with E-state index < -0.39 is 5.97 Å². The van der Waals surface area contributed by atoms with Crippen molar-refractivity contribution in [3.63, 3.8) is 0 Å². The number of aromatic nitrogens is 1. The molecule has 0 spiro atoms. The summed E-state index contributed by atoms with van der Waals surface area (Å²) >= 11 is 1.66. The Labute approximate surface area is 173 Å². The number of benzene rings is 3. The van der Waals surface area contributed by atoms with Gasteiger partial charge in [-0.1, -0.05) is 36.4 Å². The van der Waals surface area contributed by atoms with Crippen molar-refractivity contribution in [3.05, 3.63) is 102 Å². The van der Waals surface area contributed by atoms with E-state index in [9.17, 15) is 4.79 Å². The number of ether oxygens (including phenoxy) is 1. The lowest BCUT2D eigenvalue weighted by Crippen LogP contribution is -1.98. The number of para-hydroxylation sites is 1. The van der Waals surface area contributed by atoms with E-state index in [2.05, 4.69) is 17.1 Å². The molecule has 1 N–H and O–H groups in total. The molecule has 0 atom stereocenters. The lowest BCUT2D eigenvalue weighted by atomic mass is 10.2. The molecule has 0 amide bonds. The number of fused-ring (bicyclic) bond motifs is 1. The molecule has 3 aromatic carbocycles. The Hall–Kier alpha value is -3.31. The molecule has 0 saturated carbocycles. The van der Waals surface area contributed by atoms with Gasteiger partial charge in [-0.2, -0.15) is 0 Å². The molecule has 0 aliphatic carbocycles. The number of hydrogen-bond acceptors (Lipinski definition) is 4. The van der Waals surface area contributed by atoms with Gasteiger partial charge in [0.05, 0.1) is 16.8 Å². The van der Waals surface area contributed by atoms with E-state index in [1.54, 1.807) is 23.9 Å². The van der Waals surface area contributed by atoms with Crippen LogP contribution in [0.3, 0.4) is 0 Å². The zero-order valence-electron chi connectivity index (χ0n) is 15.6. The number of thioether (sulfide) groups is 1. The number of aromatic carboxylic acids is 1. The van der Waals surface area contributed by atoms with Crippen LogP contribution in [0.5, 0.6) is 5.75 Å². The van der Waals surface area contributed by atoms with Crippen molar-refractivity contribution >= 4 is 28.6 Å². The van der Waals surface area contributed by atoms with Crippen molar-refractivity contribution in [1.82, 2.24) is 4.98 Å². The largest absolute Gasteiger partial charge is 0.487 e. The first kappa shape index (κ1) is 19.0. The van der Waals surface area contributed by atoms with Gasteiger partial charge in [-0.25, -0.2) is 9.78 Å². The van der Waals surface area contributed by atoms with E-state index in [1.165, 1.54) is 0 Å². The van der Waals surface area contributed by atoms with Crippen LogP contribution in [-0.4, -0.2) is 16.1 Å². The number of carboxylic acid groups (broad SMARTS) is 1. The Kier molecular flexibility index (Phi) is 5.77. The summed E-state index contributed by atoms with van der Waals surface area (Å²) in [7, 11) is 0. The van der Waals surface area contributed by atoms with E-state index >= 15 is 0 Å². The Morgan fingerprint density at radius 1 is 0.931 bits per heavy atom. The standard InChI is InChI=1S/C24H19NO3S/c26-24(27)19-9-12-22(13-10-19)29-16-17-4-3-6-21(14-17)28-15-20-11-8-18-5-1-2-7-23(18)25-20/h1-14H,15-16H2,(H,26,27). The van der Waals surface area contributed by atoms with E-state index in [1.807, 2.05) is 60.7 Å². The molecule has 1 heterocycles. The summed E-state index contributed by atoms with van der Waals surface area (Å²) < 4.78 is 5.94. The fraction of sp³-hybridized carbons (Fsp3) is 0.0833. The maximum atomic E-state index is 10.9. The van der Waals surface area contributed by atoms with Gasteiger partial charge in [0.15, 0.2) is 0 Å². The molecule has 5 heteroatoms. The Morgan fingerprint density at radius 2 is 1.76 bits per heavy atom. The van der Waals surface area contributed by atoms with Crippen molar-refractivity contribution in [2.24, 2.45) is 0 Å². The Balaban J connectivity index is 1.37. The third-order valence-corrected chi connectivity index (χ3v) is 5.53. The fourth-order valence-corrected chi connectivity index (χ4v) is 3.77. The molecule has 0 aliphatic rings. The number of hydrogen-bond donors (Lipinski definition) is 1. The molecule has 0 aliphatic heterocycles. The summed E-state index contributed by atoms with van der Waals surface area (Å²) in [5, 5.41) is 10.1. The second kappa shape index (κ2) is 8.80. The third-order valence-electron chi connectivity index (χ3n) is 4.45. The minimum absolute atomic E-state index is 0.298. The number of nitrogens with zero attached hydrogens (tertiary/aromatic N) is 1. The molecular weight excluding hydrogens is 382 g/mol. The first-order valence-corrected chi connectivity index (χ1v) is 10.2. The summed E-state index contributed by atoms with van der Waals surface area (Å²) in [5.41, 5.74) is 3.29. The number of pyridine rings is 1. The van der Waals surface area contributed by atoms with Gasteiger partial charge in [0.1, 0.15) is 12.4 Å². The lowest BCUT2D eigenvalue weighted by Gasteiger charge is -2.09. The highest BCUT2D eigenvalue weighted by molar-refractivity contribution is 7.98. The van der Waals surface area contributed by atoms with Crippen LogP contribution in [0, 0.1) is 0 Å². The van der Waals surface area contributed by atoms with Crippen molar-refractivity contribution in [1.29, 1.82) is 0 Å². The molecular formula is C24H19NO3S. The monoisotopic (exact) mass is 401 g/mol. The highest BCUT2D eigenvalue weighted by Crippen LogP contribution is 2.25. The van der Waals surface area contributed by atoms with Crippen LogP contribution >= 0.6 is 11.8 Å². The first-order chi connectivity index (χ1) is 14.2. The van der Waals surface area contributed by atoms with Crippen LogP contribution in [0.2, 0.25) is 0 Å². The minimum Gasteiger partial charge on any atom is -0.487 e. The van der Waals surface area contributed by atoms with Crippen molar-refractivity contribution in [2.45, 2.75) is 17.3 Å². The van der Waals surface area contributed by atoms with Crippen LogP contribution in [0.15, 0.2) is 89.8 Å². The Bertz CT molecular complexity index is 1140. The number of carbonyl (C=O) groups is 1. The molecule has 4 nitrogen and oxygen atoms in total. The van der Waals surface area contributed by atoms with Crippen LogP contribution in [0.1, 0.15) is 21.6 Å². The predicted molar refractivity (Wildman–Crippen MR) is 115 cm³/mol. The van der Waals surface area contributed by atoms with Gasteiger partial charge < -0.3 is 9.84 Å². The van der Waals surface area contributed by atoms with Crippen molar-refractivity contribution < 1.29 is 14.6 Å². The third kappa shape index (κ3) is 4.95. The van der Waals surface area contributed by atoms with Crippen molar-refractivity contribution in [3.8, 4) is 5.75 Å². The average Bonchev–Trinajstić information content (AvgIpc) is 2.77. The maximum absolute atomic E-state index is 10.9. The van der Waals surface area contributed by atoms with Crippen LogP contribution < -0.4 is 4.74 Å². The average molecular weight is 401 g/mol. The number of rotatable bonds is 7. The second-order valence-electron chi connectivity index (χ2n) is 6.55. The highest BCUT2D eigenvalue weighted by Gasteiger charge is 2.04. The molecule has 0 unspecified atom stereocenters. The maximum Gasteiger partial charge on any atom is 0.335 e. The van der Waals surface area contributed by atoms with Crippen molar-refractivity contribution in [2.75, 3.05) is 0 Å². The van der Waals surface area contributed by atoms with Gasteiger partial charge in [0.25, 0.3) is 0 Å². The molecule has 4 aromatic rings. The summed E-state index contributed by atoms with van der Waals surface area (Å²) in [5.74, 6) is 0.671. The molecule has 1 aromatic heterocycles. The van der Waals surface area contributed by atoms with E-state index in [0.29, 0.717) is 12.2 Å². The van der Waals surface area contributed by atoms with Crippen LogP contribution in [-0.2, 0) is 12.4 Å². The molecule has 4 rings (SSSR count). The minimum atomic E-state index is -0.910. The molecule has 144 valence electrons. The van der Waals surface area contributed by atoms with Crippen LogP contribution in [0.25, 0.3) is 10.9 Å². The van der Waals surface area contributed by atoms with Gasteiger partial charge in [0.2, 0.25) is 0 Å². The summed E-state index contributed by atoms with van der Waals surface area (Å²) in [6.45, 7) is 0.415. The molecule has 29 heavy (non-hydrogen) atoms. The summed E-state index contributed by atoms with van der Waals surface area (Å²) in [6, 6.07) is 27.0. The SMILES string of the molecule is O=C(O)c1ccc(SCc2cccc(OCc3ccc4ccccc4n3)c2)cc1.